The van der Waals surface area contributed by atoms with Gasteiger partial charge in [-0.3, -0.25) is 9.59 Å². The minimum atomic E-state index is -1.12. The van der Waals surface area contributed by atoms with Crippen molar-refractivity contribution >= 4 is 33.3 Å². The number of esters is 1. The van der Waals surface area contributed by atoms with Crippen LogP contribution in [0.5, 0.6) is 0 Å². The standard InChI is InChI=1S/C17H16N2O3S/c1-22-16(21)17(11-18)6-8-19(9-7-17)15(20)13-10-23-14-5-3-2-4-12(13)14/h2-5,10H,6-9H2,1H3. The number of methoxy groups -OCH3 is 1. The van der Waals surface area contributed by atoms with Crippen molar-refractivity contribution in [1.82, 2.24) is 4.90 Å². The van der Waals surface area contributed by atoms with E-state index in [2.05, 4.69) is 6.07 Å². The minimum absolute atomic E-state index is 0.0427. The van der Waals surface area contributed by atoms with Gasteiger partial charge in [0.25, 0.3) is 5.91 Å². The molecule has 0 radical (unpaired) electrons. The molecule has 1 aliphatic rings. The van der Waals surface area contributed by atoms with Crippen LogP contribution in [0.4, 0.5) is 0 Å². The molecule has 0 saturated carbocycles. The molecule has 1 aromatic heterocycles. The molecule has 1 aliphatic heterocycles. The molecule has 5 nitrogen and oxygen atoms in total. The zero-order chi connectivity index (χ0) is 16.4. The minimum Gasteiger partial charge on any atom is -0.468 e. The second-order valence-electron chi connectivity index (χ2n) is 5.62. The van der Waals surface area contributed by atoms with E-state index in [4.69, 9.17) is 4.74 Å². The molecule has 0 atom stereocenters. The summed E-state index contributed by atoms with van der Waals surface area (Å²) in [6.07, 6.45) is 0.619. The lowest BCUT2D eigenvalue weighted by Gasteiger charge is -2.35. The number of hydrogen-bond donors (Lipinski definition) is 0. The molecule has 1 amide bonds. The molecule has 0 bridgehead atoms. The van der Waals surface area contributed by atoms with E-state index in [0.717, 1.165) is 10.1 Å². The molecule has 6 heteroatoms. The lowest BCUT2D eigenvalue weighted by molar-refractivity contribution is -0.151. The van der Waals surface area contributed by atoms with Crippen molar-refractivity contribution in [3.8, 4) is 6.07 Å². The number of piperidine rings is 1. The molecular weight excluding hydrogens is 312 g/mol. The van der Waals surface area contributed by atoms with E-state index in [1.807, 2.05) is 29.6 Å². The molecule has 3 rings (SSSR count). The number of thiophene rings is 1. The molecule has 1 aromatic carbocycles. The lowest BCUT2D eigenvalue weighted by atomic mass is 9.79. The molecular formula is C17H16N2O3S. The topological polar surface area (TPSA) is 70.4 Å². The Bertz CT molecular complexity index is 798. The first kappa shape index (κ1) is 15.5. The summed E-state index contributed by atoms with van der Waals surface area (Å²) >= 11 is 1.55. The lowest BCUT2D eigenvalue weighted by Crippen LogP contribution is -2.46. The van der Waals surface area contributed by atoms with Gasteiger partial charge >= 0.3 is 5.97 Å². The Morgan fingerprint density at radius 1 is 1.30 bits per heavy atom. The van der Waals surface area contributed by atoms with Gasteiger partial charge in [-0.15, -0.1) is 11.3 Å². The van der Waals surface area contributed by atoms with Crippen LogP contribution in [-0.4, -0.2) is 37.0 Å². The van der Waals surface area contributed by atoms with Gasteiger partial charge in [-0.05, 0) is 18.9 Å². The zero-order valence-corrected chi connectivity index (χ0v) is 13.6. The van der Waals surface area contributed by atoms with Crippen LogP contribution < -0.4 is 0 Å². The van der Waals surface area contributed by atoms with Crippen LogP contribution in [0.25, 0.3) is 10.1 Å². The summed E-state index contributed by atoms with van der Waals surface area (Å²) in [5, 5.41) is 12.2. The van der Waals surface area contributed by atoms with Crippen molar-refractivity contribution in [2.24, 2.45) is 5.41 Å². The quantitative estimate of drug-likeness (QED) is 0.795. The van der Waals surface area contributed by atoms with E-state index >= 15 is 0 Å². The van der Waals surface area contributed by atoms with Gasteiger partial charge in [-0.2, -0.15) is 5.26 Å². The van der Waals surface area contributed by atoms with Crippen molar-refractivity contribution in [2.75, 3.05) is 20.2 Å². The summed E-state index contributed by atoms with van der Waals surface area (Å²) in [7, 11) is 1.29. The number of nitrogens with zero attached hydrogens (tertiary/aromatic N) is 2. The predicted octanol–water partition coefficient (Wildman–Crippen LogP) is 2.82. The average Bonchev–Trinajstić information content (AvgIpc) is 3.04. The van der Waals surface area contributed by atoms with Gasteiger partial charge < -0.3 is 9.64 Å². The maximum atomic E-state index is 12.7. The molecule has 118 valence electrons. The Kier molecular flexibility index (Phi) is 4.05. The van der Waals surface area contributed by atoms with Crippen LogP contribution in [0, 0.1) is 16.7 Å². The highest BCUT2D eigenvalue weighted by Crippen LogP contribution is 2.34. The van der Waals surface area contributed by atoms with Crippen molar-refractivity contribution in [3.05, 3.63) is 35.2 Å². The summed E-state index contributed by atoms with van der Waals surface area (Å²) in [5.41, 5.74) is -0.435. The smallest absolute Gasteiger partial charge is 0.326 e. The highest BCUT2D eigenvalue weighted by molar-refractivity contribution is 7.17. The second-order valence-corrected chi connectivity index (χ2v) is 6.53. The Hall–Kier alpha value is -2.39. The van der Waals surface area contributed by atoms with Crippen LogP contribution in [0.2, 0.25) is 0 Å². The predicted molar refractivity (Wildman–Crippen MR) is 87.0 cm³/mol. The molecule has 2 aromatic rings. The summed E-state index contributed by atoms with van der Waals surface area (Å²) in [6.45, 7) is 0.761. The fourth-order valence-corrected chi connectivity index (χ4v) is 3.90. The fourth-order valence-electron chi connectivity index (χ4n) is 2.96. The van der Waals surface area contributed by atoms with Gasteiger partial charge in [0, 0.05) is 28.6 Å². The number of benzene rings is 1. The third kappa shape index (κ3) is 2.57. The van der Waals surface area contributed by atoms with Crippen molar-refractivity contribution < 1.29 is 14.3 Å². The van der Waals surface area contributed by atoms with E-state index in [-0.39, 0.29) is 5.91 Å². The van der Waals surface area contributed by atoms with Crippen LogP contribution in [0.1, 0.15) is 23.2 Å². The first-order valence-corrected chi connectivity index (χ1v) is 8.24. The number of fused-ring (bicyclic) bond motifs is 1. The van der Waals surface area contributed by atoms with Crippen LogP contribution in [0.15, 0.2) is 29.6 Å². The van der Waals surface area contributed by atoms with E-state index in [1.165, 1.54) is 7.11 Å². The number of ether oxygens (including phenoxy) is 1. The first-order valence-electron chi connectivity index (χ1n) is 7.36. The van der Waals surface area contributed by atoms with Crippen LogP contribution in [0.3, 0.4) is 0 Å². The maximum absolute atomic E-state index is 12.7. The molecule has 0 spiro atoms. The van der Waals surface area contributed by atoms with E-state index in [1.54, 1.807) is 16.2 Å². The molecule has 0 unspecified atom stereocenters. The largest absolute Gasteiger partial charge is 0.468 e. The van der Waals surface area contributed by atoms with E-state index in [0.29, 0.717) is 31.5 Å². The maximum Gasteiger partial charge on any atom is 0.326 e. The number of amides is 1. The fraction of sp³-hybridized carbons (Fsp3) is 0.353. The summed E-state index contributed by atoms with van der Waals surface area (Å²) in [6, 6.07) is 9.88. The van der Waals surface area contributed by atoms with Gasteiger partial charge in [0.05, 0.1) is 18.7 Å². The second kappa shape index (κ2) is 6.01. The summed E-state index contributed by atoms with van der Waals surface area (Å²) in [5.74, 6) is -0.549. The Morgan fingerprint density at radius 3 is 2.65 bits per heavy atom. The van der Waals surface area contributed by atoms with Crippen LogP contribution in [-0.2, 0) is 9.53 Å². The van der Waals surface area contributed by atoms with Crippen molar-refractivity contribution in [1.29, 1.82) is 5.26 Å². The third-order valence-electron chi connectivity index (χ3n) is 4.41. The molecule has 0 aliphatic carbocycles. The number of rotatable bonds is 2. The van der Waals surface area contributed by atoms with E-state index < -0.39 is 11.4 Å². The van der Waals surface area contributed by atoms with Gasteiger partial charge in [0.15, 0.2) is 5.41 Å². The first-order chi connectivity index (χ1) is 11.1. The highest BCUT2D eigenvalue weighted by Gasteiger charge is 2.44. The van der Waals surface area contributed by atoms with Gasteiger partial charge in [-0.25, -0.2) is 0 Å². The molecule has 1 saturated heterocycles. The Balaban J connectivity index is 1.79. The highest BCUT2D eigenvalue weighted by atomic mass is 32.1. The van der Waals surface area contributed by atoms with Gasteiger partial charge in [0.1, 0.15) is 0 Å². The van der Waals surface area contributed by atoms with Gasteiger partial charge in [-0.1, -0.05) is 18.2 Å². The molecule has 0 N–H and O–H groups in total. The SMILES string of the molecule is COC(=O)C1(C#N)CCN(C(=O)c2csc3ccccc23)CC1. The molecule has 23 heavy (non-hydrogen) atoms. The number of likely N-dealkylation sites (tertiary alicyclic amines) is 1. The number of hydrogen-bond acceptors (Lipinski definition) is 5. The van der Waals surface area contributed by atoms with Crippen LogP contribution >= 0.6 is 11.3 Å². The zero-order valence-electron chi connectivity index (χ0n) is 12.7. The molecule has 1 fully saturated rings. The van der Waals surface area contributed by atoms with Crippen molar-refractivity contribution in [3.63, 3.8) is 0 Å². The normalized spacial score (nSPS) is 16.8. The monoisotopic (exact) mass is 328 g/mol. The summed E-state index contributed by atoms with van der Waals surface area (Å²) < 4.78 is 5.82. The average molecular weight is 328 g/mol. The van der Waals surface area contributed by atoms with Crippen molar-refractivity contribution in [2.45, 2.75) is 12.8 Å². The Morgan fingerprint density at radius 2 is 2.00 bits per heavy atom. The Labute approximate surface area is 138 Å². The van der Waals surface area contributed by atoms with Gasteiger partial charge in [0.2, 0.25) is 0 Å². The number of nitriles is 1. The third-order valence-corrected chi connectivity index (χ3v) is 5.37. The van der Waals surface area contributed by atoms with E-state index in [9.17, 15) is 14.9 Å². The number of carbonyl (C=O) groups excluding carboxylic acids is 2. The molecule has 2 heterocycles. The summed E-state index contributed by atoms with van der Waals surface area (Å²) in [4.78, 5) is 26.3. The number of carbonyl (C=O) groups is 2.